The number of phenols is 1. The lowest BCUT2D eigenvalue weighted by atomic mass is 10.1. The van der Waals surface area contributed by atoms with Crippen LogP contribution in [0, 0.1) is 0 Å². The molecule has 1 N–H and O–H groups in total. The Hall–Kier alpha value is -3.64. The highest BCUT2D eigenvalue weighted by Crippen LogP contribution is 2.26. The molecule has 5 nitrogen and oxygen atoms in total. The summed E-state index contributed by atoms with van der Waals surface area (Å²) in [4.78, 5) is 0.723. The fourth-order valence-electron chi connectivity index (χ4n) is 2.99. The number of methoxy groups -OCH3 is 1. The molecule has 144 valence electrons. The second-order valence-electron chi connectivity index (χ2n) is 6.21. The SMILES string of the molecule is COc1ccccc1/C=N/N=c1/scc(-c2cccc(O)c2)n1-c1ccccc1. The molecule has 0 aliphatic heterocycles. The van der Waals surface area contributed by atoms with Crippen molar-refractivity contribution in [3.05, 3.63) is 94.6 Å². The summed E-state index contributed by atoms with van der Waals surface area (Å²) in [5.74, 6) is 0.968. The normalized spacial score (nSPS) is 11.8. The van der Waals surface area contributed by atoms with Crippen molar-refractivity contribution in [3.63, 3.8) is 0 Å². The van der Waals surface area contributed by atoms with E-state index in [9.17, 15) is 5.11 Å². The fraction of sp³-hybridized carbons (Fsp3) is 0.0435. The minimum atomic E-state index is 0.223. The van der Waals surface area contributed by atoms with Crippen molar-refractivity contribution < 1.29 is 9.84 Å². The van der Waals surface area contributed by atoms with Crippen LogP contribution in [0.4, 0.5) is 0 Å². The molecule has 0 amide bonds. The molecular formula is C23H19N3O2S. The summed E-state index contributed by atoms with van der Waals surface area (Å²) >= 11 is 1.49. The van der Waals surface area contributed by atoms with Gasteiger partial charge in [0.1, 0.15) is 11.5 Å². The van der Waals surface area contributed by atoms with Crippen LogP contribution in [0.5, 0.6) is 11.5 Å². The molecule has 0 bridgehead atoms. The summed E-state index contributed by atoms with van der Waals surface area (Å²) in [5.41, 5.74) is 3.66. The standard InChI is InChI=1S/C23H19N3O2S/c1-28-22-13-6-5-8-18(22)15-24-25-23-26(19-10-3-2-4-11-19)21(16-29-23)17-9-7-12-20(27)14-17/h2-16,27H,1H3/b24-15+,25-23+. The zero-order valence-electron chi connectivity index (χ0n) is 15.8. The summed E-state index contributed by atoms with van der Waals surface area (Å²) in [5, 5.41) is 20.7. The van der Waals surface area contributed by atoms with E-state index in [0.717, 1.165) is 33.1 Å². The molecule has 1 heterocycles. The number of phenolic OH excluding ortho intramolecular Hbond substituents is 1. The number of nitrogens with zero attached hydrogens (tertiary/aromatic N) is 3. The highest BCUT2D eigenvalue weighted by Gasteiger charge is 2.10. The number of hydrogen-bond donors (Lipinski definition) is 1. The van der Waals surface area contributed by atoms with E-state index in [4.69, 9.17) is 4.74 Å². The first kappa shape index (κ1) is 18.7. The first-order chi connectivity index (χ1) is 14.3. The first-order valence-corrected chi connectivity index (χ1v) is 9.89. The van der Waals surface area contributed by atoms with Gasteiger partial charge in [0.15, 0.2) is 0 Å². The smallest absolute Gasteiger partial charge is 0.215 e. The molecule has 0 aliphatic rings. The molecule has 29 heavy (non-hydrogen) atoms. The fourth-order valence-corrected chi connectivity index (χ4v) is 3.85. The van der Waals surface area contributed by atoms with Gasteiger partial charge in [-0.2, -0.15) is 5.10 Å². The van der Waals surface area contributed by atoms with Gasteiger partial charge in [-0.1, -0.05) is 42.5 Å². The minimum Gasteiger partial charge on any atom is -0.508 e. The second kappa shape index (κ2) is 8.58. The van der Waals surface area contributed by atoms with Gasteiger partial charge in [-0.15, -0.1) is 16.4 Å². The highest BCUT2D eigenvalue weighted by atomic mass is 32.1. The molecule has 0 saturated carbocycles. The zero-order valence-corrected chi connectivity index (χ0v) is 16.6. The Labute approximate surface area is 172 Å². The maximum atomic E-state index is 9.89. The van der Waals surface area contributed by atoms with Crippen LogP contribution in [-0.4, -0.2) is 23.0 Å². The molecular weight excluding hydrogens is 382 g/mol. The number of aromatic hydroxyl groups is 1. The third-order valence-corrected chi connectivity index (χ3v) is 5.16. The van der Waals surface area contributed by atoms with Gasteiger partial charge < -0.3 is 9.84 Å². The molecule has 0 aliphatic carbocycles. The third kappa shape index (κ3) is 4.12. The molecule has 3 aromatic carbocycles. The van der Waals surface area contributed by atoms with Crippen molar-refractivity contribution in [2.45, 2.75) is 0 Å². The van der Waals surface area contributed by atoms with Crippen LogP contribution in [0.3, 0.4) is 0 Å². The Bertz CT molecular complexity index is 1210. The molecule has 0 radical (unpaired) electrons. The molecule has 4 rings (SSSR count). The van der Waals surface area contributed by atoms with E-state index >= 15 is 0 Å². The third-order valence-electron chi connectivity index (χ3n) is 4.34. The maximum Gasteiger partial charge on any atom is 0.215 e. The van der Waals surface area contributed by atoms with Gasteiger partial charge in [0.25, 0.3) is 0 Å². The second-order valence-corrected chi connectivity index (χ2v) is 7.05. The number of ether oxygens (including phenoxy) is 1. The lowest BCUT2D eigenvalue weighted by Gasteiger charge is -2.09. The summed E-state index contributed by atoms with van der Waals surface area (Å²) in [7, 11) is 1.63. The van der Waals surface area contributed by atoms with Crippen LogP contribution in [0.15, 0.2) is 94.4 Å². The monoisotopic (exact) mass is 401 g/mol. The Balaban J connectivity index is 1.82. The highest BCUT2D eigenvalue weighted by molar-refractivity contribution is 7.07. The van der Waals surface area contributed by atoms with Crippen molar-refractivity contribution in [1.29, 1.82) is 0 Å². The van der Waals surface area contributed by atoms with Crippen molar-refractivity contribution >= 4 is 17.6 Å². The summed E-state index contributed by atoms with van der Waals surface area (Å²) in [6.45, 7) is 0. The van der Waals surface area contributed by atoms with Gasteiger partial charge >= 0.3 is 0 Å². The molecule has 0 fully saturated rings. The van der Waals surface area contributed by atoms with Crippen LogP contribution in [0.1, 0.15) is 5.56 Å². The van der Waals surface area contributed by atoms with Crippen molar-refractivity contribution in [2.75, 3.05) is 7.11 Å². The predicted octanol–water partition coefficient (Wildman–Crippen LogP) is 4.85. The lowest BCUT2D eigenvalue weighted by molar-refractivity contribution is 0.414. The largest absolute Gasteiger partial charge is 0.508 e. The van der Waals surface area contributed by atoms with Crippen molar-refractivity contribution in [2.24, 2.45) is 10.2 Å². The van der Waals surface area contributed by atoms with Gasteiger partial charge in [0.05, 0.1) is 19.0 Å². The Morgan fingerprint density at radius 3 is 2.55 bits per heavy atom. The first-order valence-electron chi connectivity index (χ1n) is 9.02. The number of para-hydroxylation sites is 2. The maximum absolute atomic E-state index is 9.89. The molecule has 4 aromatic rings. The Morgan fingerprint density at radius 1 is 0.966 bits per heavy atom. The van der Waals surface area contributed by atoms with E-state index in [1.807, 2.05) is 76.7 Å². The number of thiazole rings is 1. The zero-order chi connectivity index (χ0) is 20.1. The van der Waals surface area contributed by atoms with Gasteiger partial charge in [-0.3, -0.25) is 4.57 Å². The minimum absolute atomic E-state index is 0.223. The average molecular weight is 401 g/mol. The molecule has 0 atom stereocenters. The number of hydrogen-bond acceptors (Lipinski definition) is 5. The molecule has 0 unspecified atom stereocenters. The van der Waals surface area contributed by atoms with Crippen LogP contribution in [0.2, 0.25) is 0 Å². The van der Waals surface area contributed by atoms with E-state index in [2.05, 4.69) is 10.2 Å². The van der Waals surface area contributed by atoms with Gasteiger partial charge in [0, 0.05) is 22.2 Å². The molecule has 0 spiro atoms. The van der Waals surface area contributed by atoms with E-state index < -0.39 is 0 Å². The van der Waals surface area contributed by atoms with Gasteiger partial charge in [-0.25, -0.2) is 0 Å². The van der Waals surface area contributed by atoms with Gasteiger partial charge in [0.2, 0.25) is 4.80 Å². The number of benzene rings is 3. The van der Waals surface area contributed by atoms with E-state index in [1.165, 1.54) is 11.3 Å². The number of aromatic nitrogens is 1. The Kier molecular flexibility index (Phi) is 5.54. The molecule has 1 aromatic heterocycles. The van der Waals surface area contributed by atoms with E-state index in [0.29, 0.717) is 0 Å². The molecule has 6 heteroatoms. The predicted molar refractivity (Wildman–Crippen MR) is 117 cm³/mol. The summed E-state index contributed by atoms with van der Waals surface area (Å²) in [6, 6.07) is 24.8. The quantitative estimate of drug-likeness (QED) is 0.384. The lowest BCUT2D eigenvalue weighted by Crippen LogP contribution is -2.13. The van der Waals surface area contributed by atoms with Crippen LogP contribution in [-0.2, 0) is 0 Å². The van der Waals surface area contributed by atoms with E-state index in [-0.39, 0.29) is 5.75 Å². The molecule has 0 saturated heterocycles. The summed E-state index contributed by atoms with van der Waals surface area (Å²) < 4.78 is 7.38. The van der Waals surface area contributed by atoms with Crippen LogP contribution >= 0.6 is 11.3 Å². The van der Waals surface area contributed by atoms with Crippen LogP contribution in [0.25, 0.3) is 16.9 Å². The van der Waals surface area contributed by atoms with Gasteiger partial charge in [-0.05, 0) is 36.4 Å². The topological polar surface area (TPSA) is 59.1 Å². The number of rotatable bonds is 5. The van der Waals surface area contributed by atoms with Crippen molar-refractivity contribution in [3.8, 4) is 28.4 Å². The Morgan fingerprint density at radius 2 is 1.76 bits per heavy atom. The van der Waals surface area contributed by atoms with Crippen molar-refractivity contribution in [1.82, 2.24) is 4.57 Å². The van der Waals surface area contributed by atoms with Crippen LogP contribution < -0.4 is 9.54 Å². The average Bonchev–Trinajstić information content (AvgIpc) is 3.18. The summed E-state index contributed by atoms with van der Waals surface area (Å²) in [6.07, 6.45) is 1.68. The van der Waals surface area contributed by atoms with E-state index in [1.54, 1.807) is 25.5 Å².